The molecule has 1 amide bonds. The lowest BCUT2D eigenvalue weighted by atomic mass is 9.86. The number of rotatable bonds is 6. The highest BCUT2D eigenvalue weighted by molar-refractivity contribution is 6.30. The third kappa shape index (κ3) is 4.80. The van der Waals surface area contributed by atoms with Crippen molar-refractivity contribution >= 4 is 17.5 Å². The molecule has 2 fully saturated rings. The minimum Gasteiger partial charge on any atom is -0.491 e. The van der Waals surface area contributed by atoms with Gasteiger partial charge in [-0.15, -0.1) is 0 Å². The summed E-state index contributed by atoms with van der Waals surface area (Å²) >= 11 is 5.99. The van der Waals surface area contributed by atoms with E-state index in [-0.39, 0.29) is 5.91 Å². The zero-order valence-electron chi connectivity index (χ0n) is 19.3. The average Bonchev–Trinajstić information content (AvgIpc) is 2.81. The highest BCUT2D eigenvalue weighted by Crippen LogP contribution is 2.39. The third-order valence-corrected chi connectivity index (χ3v) is 7.26. The predicted octanol–water partition coefficient (Wildman–Crippen LogP) is 5.03. The van der Waals surface area contributed by atoms with Gasteiger partial charge >= 0.3 is 0 Å². The van der Waals surface area contributed by atoms with Gasteiger partial charge in [-0.1, -0.05) is 17.7 Å². The molecule has 0 bridgehead atoms. The van der Waals surface area contributed by atoms with Crippen LogP contribution >= 0.6 is 11.6 Å². The molecule has 0 spiro atoms. The summed E-state index contributed by atoms with van der Waals surface area (Å²) in [4.78, 5) is 17.7. The first-order valence-electron chi connectivity index (χ1n) is 11.5. The van der Waals surface area contributed by atoms with Gasteiger partial charge in [-0.2, -0.15) is 0 Å². The summed E-state index contributed by atoms with van der Waals surface area (Å²) < 4.78 is 11.0. The van der Waals surface area contributed by atoms with Crippen LogP contribution in [-0.2, 0) is 4.74 Å². The second kappa shape index (κ2) is 10.2. The van der Waals surface area contributed by atoms with Gasteiger partial charge in [0.05, 0.1) is 6.61 Å². The van der Waals surface area contributed by atoms with Crippen LogP contribution in [0.5, 0.6) is 5.75 Å². The Morgan fingerprint density at radius 3 is 2.56 bits per heavy atom. The molecule has 2 aliphatic heterocycles. The summed E-state index contributed by atoms with van der Waals surface area (Å²) in [5, 5.41) is 0.655. The van der Waals surface area contributed by atoms with Gasteiger partial charge in [0.1, 0.15) is 12.4 Å². The number of piperazine rings is 1. The van der Waals surface area contributed by atoms with Crippen molar-refractivity contribution in [1.29, 1.82) is 0 Å². The van der Waals surface area contributed by atoms with Crippen molar-refractivity contribution < 1.29 is 14.3 Å². The first-order chi connectivity index (χ1) is 15.5. The fraction of sp³-hybridized carbons (Fsp3) is 0.500. The SMILES string of the molecule is COCCOc1ccc(C2CCCC3CN(C(=O)c4ccc(Cl)cc4)CCN32)c(C)c1C. The molecule has 2 heterocycles. The zero-order valence-corrected chi connectivity index (χ0v) is 20.0. The minimum atomic E-state index is 0.105. The van der Waals surface area contributed by atoms with Crippen LogP contribution in [0.2, 0.25) is 5.02 Å². The van der Waals surface area contributed by atoms with E-state index in [2.05, 4.69) is 30.9 Å². The Hall–Kier alpha value is -2.08. The molecule has 2 unspecified atom stereocenters. The van der Waals surface area contributed by atoms with Crippen molar-refractivity contribution in [3.05, 3.63) is 63.7 Å². The normalized spacial score (nSPS) is 21.3. The Morgan fingerprint density at radius 1 is 1.03 bits per heavy atom. The number of hydrogen-bond acceptors (Lipinski definition) is 4. The number of piperidine rings is 1. The van der Waals surface area contributed by atoms with Crippen molar-refractivity contribution in [2.75, 3.05) is 40.0 Å². The van der Waals surface area contributed by atoms with Crippen LogP contribution in [0.4, 0.5) is 0 Å². The first kappa shape index (κ1) is 23.1. The van der Waals surface area contributed by atoms with Crippen LogP contribution in [0.25, 0.3) is 0 Å². The van der Waals surface area contributed by atoms with E-state index in [0.717, 1.165) is 38.2 Å². The van der Waals surface area contributed by atoms with E-state index in [0.29, 0.717) is 35.9 Å². The maximum atomic E-state index is 13.0. The second-order valence-electron chi connectivity index (χ2n) is 8.84. The monoisotopic (exact) mass is 456 g/mol. The maximum absolute atomic E-state index is 13.0. The number of halogens is 1. The van der Waals surface area contributed by atoms with Gasteiger partial charge in [0.25, 0.3) is 5.91 Å². The molecule has 6 heteroatoms. The standard InChI is InChI=1S/C26H33ClN2O3/c1-18-19(2)25(32-16-15-31-3)12-11-23(18)24-6-4-5-22-17-28(13-14-29(22)24)26(30)20-7-9-21(27)10-8-20/h7-12,22,24H,4-6,13-17H2,1-3H3. The summed E-state index contributed by atoms with van der Waals surface area (Å²) in [5.41, 5.74) is 4.62. The lowest BCUT2D eigenvalue weighted by Gasteiger charge is -2.48. The summed E-state index contributed by atoms with van der Waals surface area (Å²) in [6.45, 7) is 7.94. The number of benzene rings is 2. The molecule has 172 valence electrons. The fourth-order valence-corrected chi connectivity index (χ4v) is 5.24. The molecule has 32 heavy (non-hydrogen) atoms. The lowest BCUT2D eigenvalue weighted by Crippen LogP contribution is -2.57. The lowest BCUT2D eigenvalue weighted by molar-refractivity contribution is 0.0101. The zero-order chi connectivity index (χ0) is 22.7. The molecule has 2 aliphatic rings. The van der Waals surface area contributed by atoms with Crippen molar-refractivity contribution in [2.45, 2.75) is 45.2 Å². The molecule has 0 N–H and O–H groups in total. The van der Waals surface area contributed by atoms with Crippen molar-refractivity contribution in [3.63, 3.8) is 0 Å². The van der Waals surface area contributed by atoms with Gasteiger partial charge in [0, 0.05) is 49.4 Å². The van der Waals surface area contributed by atoms with Crippen LogP contribution in [0.1, 0.15) is 52.4 Å². The molecule has 2 aromatic rings. The Bertz CT molecular complexity index is 947. The van der Waals surface area contributed by atoms with Gasteiger partial charge in [-0.05, 0) is 80.1 Å². The summed E-state index contributed by atoms with van der Waals surface area (Å²) in [7, 11) is 1.69. The molecule has 2 aromatic carbocycles. The second-order valence-corrected chi connectivity index (χ2v) is 9.28. The maximum Gasteiger partial charge on any atom is 0.253 e. The smallest absolute Gasteiger partial charge is 0.253 e. The van der Waals surface area contributed by atoms with Crippen LogP contribution in [0.15, 0.2) is 36.4 Å². The number of amides is 1. The number of methoxy groups -OCH3 is 1. The van der Waals surface area contributed by atoms with Crippen molar-refractivity contribution in [3.8, 4) is 5.75 Å². The molecule has 2 saturated heterocycles. The molecular weight excluding hydrogens is 424 g/mol. The summed E-state index contributed by atoms with van der Waals surface area (Å²) in [6.07, 6.45) is 3.47. The summed E-state index contributed by atoms with van der Waals surface area (Å²) in [5.74, 6) is 1.04. The number of carbonyl (C=O) groups excluding carboxylic acids is 1. The van der Waals surface area contributed by atoms with E-state index in [1.165, 1.54) is 23.1 Å². The van der Waals surface area contributed by atoms with Crippen LogP contribution in [0.3, 0.4) is 0 Å². The molecular formula is C26H33ClN2O3. The molecule has 0 aliphatic carbocycles. The molecule has 4 rings (SSSR count). The van der Waals surface area contributed by atoms with E-state index >= 15 is 0 Å². The van der Waals surface area contributed by atoms with E-state index in [9.17, 15) is 4.79 Å². The Morgan fingerprint density at radius 2 is 1.81 bits per heavy atom. The fourth-order valence-electron chi connectivity index (χ4n) is 5.11. The number of carbonyl (C=O) groups is 1. The Labute approximate surface area is 196 Å². The van der Waals surface area contributed by atoms with Crippen LogP contribution in [0, 0.1) is 13.8 Å². The van der Waals surface area contributed by atoms with Gasteiger partial charge in [-0.3, -0.25) is 9.69 Å². The van der Waals surface area contributed by atoms with Gasteiger partial charge in [-0.25, -0.2) is 0 Å². The highest BCUT2D eigenvalue weighted by Gasteiger charge is 2.37. The minimum absolute atomic E-state index is 0.105. The van der Waals surface area contributed by atoms with Gasteiger partial charge in [0.15, 0.2) is 0 Å². The Kier molecular flexibility index (Phi) is 7.39. The predicted molar refractivity (Wildman–Crippen MR) is 128 cm³/mol. The van der Waals surface area contributed by atoms with Crippen molar-refractivity contribution in [1.82, 2.24) is 9.80 Å². The molecule has 5 nitrogen and oxygen atoms in total. The van der Waals surface area contributed by atoms with E-state index < -0.39 is 0 Å². The average molecular weight is 457 g/mol. The number of hydrogen-bond donors (Lipinski definition) is 0. The third-order valence-electron chi connectivity index (χ3n) is 7.01. The van der Waals surface area contributed by atoms with Gasteiger partial charge < -0.3 is 14.4 Å². The van der Waals surface area contributed by atoms with Crippen LogP contribution in [-0.4, -0.2) is 61.7 Å². The largest absolute Gasteiger partial charge is 0.491 e. The van der Waals surface area contributed by atoms with E-state index in [1.807, 2.05) is 17.0 Å². The molecule has 0 saturated carbocycles. The summed E-state index contributed by atoms with van der Waals surface area (Å²) in [6, 6.07) is 12.4. The van der Waals surface area contributed by atoms with Gasteiger partial charge in [0.2, 0.25) is 0 Å². The molecule has 0 radical (unpaired) electrons. The van der Waals surface area contributed by atoms with E-state index in [4.69, 9.17) is 21.1 Å². The highest BCUT2D eigenvalue weighted by atomic mass is 35.5. The first-order valence-corrected chi connectivity index (χ1v) is 11.9. The van der Waals surface area contributed by atoms with E-state index in [1.54, 1.807) is 19.2 Å². The topological polar surface area (TPSA) is 42.0 Å². The number of nitrogens with zero attached hydrogens (tertiary/aromatic N) is 2. The van der Waals surface area contributed by atoms with Crippen molar-refractivity contribution in [2.24, 2.45) is 0 Å². The number of fused-ring (bicyclic) bond motifs is 1. The quantitative estimate of drug-likeness (QED) is 0.571. The molecule has 2 atom stereocenters. The Balaban J connectivity index is 1.47. The number of ether oxygens (including phenoxy) is 2. The molecule has 0 aromatic heterocycles. The van der Waals surface area contributed by atoms with Crippen LogP contribution < -0.4 is 4.74 Å².